The number of nitrogens with one attached hydrogen (secondary N) is 3. The van der Waals surface area contributed by atoms with Crippen LogP contribution in [0.1, 0.15) is 39.9 Å². The Kier molecular flexibility index (Phi) is 7.96. The van der Waals surface area contributed by atoms with Crippen LogP contribution in [0.5, 0.6) is 0 Å². The molecule has 0 unspecified atom stereocenters. The lowest BCUT2D eigenvalue weighted by molar-refractivity contribution is -0.130. The zero-order valence-electron chi connectivity index (χ0n) is 17.1. The van der Waals surface area contributed by atoms with Gasteiger partial charge in [-0.2, -0.15) is 0 Å². The highest BCUT2D eigenvalue weighted by Crippen LogP contribution is 2.19. The van der Waals surface area contributed by atoms with Crippen molar-refractivity contribution < 1.29 is 14.8 Å². The molecule has 0 aromatic heterocycles. The maximum absolute atomic E-state index is 12.2. The molecule has 1 fully saturated rings. The highest BCUT2D eigenvalue weighted by molar-refractivity contribution is 5.97. The van der Waals surface area contributed by atoms with E-state index >= 15 is 0 Å². The monoisotopic (exact) mass is 418 g/mol. The van der Waals surface area contributed by atoms with Crippen molar-refractivity contribution in [3.8, 4) is 11.8 Å². The van der Waals surface area contributed by atoms with Gasteiger partial charge in [-0.15, -0.1) is 0 Å². The molecule has 7 heteroatoms. The first-order valence-corrected chi connectivity index (χ1v) is 10.1. The molecule has 1 saturated carbocycles. The minimum atomic E-state index is -1.01. The van der Waals surface area contributed by atoms with Gasteiger partial charge in [-0.1, -0.05) is 36.1 Å². The molecule has 6 N–H and O–H groups in total. The van der Waals surface area contributed by atoms with Gasteiger partial charge in [0.25, 0.3) is 11.8 Å². The third-order valence-corrected chi connectivity index (χ3v) is 4.84. The number of benzene rings is 2. The van der Waals surface area contributed by atoms with Gasteiger partial charge in [-0.3, -0.25) is 14.8 Å². The Hall–Kier alpha value is -3.44. The van der Waals surface area contributed by atoms with Crippen LogP contribution in [0.2, 0.25) is 0 Å². The topological polar surface area (TPSA) is 116 Å². The van der Waals surface area contributed by atoms with E-state index in [0.717, 1.165) is 17.7 Å². The summed E-state index contributed by atoms with van der Waals surface area (Å²) in [7, 11) is 0. The Labute approximate surface area is 181 Å². The lowest BCUT2D eigenvalue weighted by Crippen LogP contribution is -2.50. The Balaban J connectivity index is 1.51. The van der Waals surface area contributed by atoms with Gasteiger partial charge in [-0.05, 0) is 60.4 Å². The molecule has 31 heavy (non-hydrogen) atoms. The maximum Gasteiger partial charge on any atom is 0.267 e. The smallest absolute Gasteiger partial charge is 0.267 e. The van der Waals surface area contributed by atoms with Crippen molar-refractivity contribution in [3.63, 3.8) is 0 Å². The van der Waals surface area contributed by atoms with E-state index in [4.69, 9.17) is 10.9 Å². The molecule has 2 aromatic carbocycles. The number of hydrogen-bond acceptors (Lipinski definition) is 5. The summed E-state index contributed by atoms with van der Waals surface area (Å²) in [5.74, 6) is 4.77. The van der Waals surface area contributed by atoms with E-state index < -0.39 is 17.9 Å². The van der Waals surface area contributed by atoms with Gasteiger partial charge in [0.05, 0.1) is 0 Å². The third-order valence-electron chi connectivity index (χ3n) is 4.84. The normalized spacial score (nSPS) is 13.9. The summed E-state index contributed by atoms with van der Waals surface area (Å²) in [5, 5.41) is 14.6. The minimum absolute atomic E-state index is 0.131. The van der Waals surface area contributed by atoms with Crippen LogP contribution in [0.3, 0.4) is 0 Å². The fraction of sp³-hybridized carbons (Fsp3) is 0.250. The SMILES string of the molecule is NC[C@H](NC(=O)c1ccc(C#C/C=C/c2ccc(CNC3CC3)cc2)cc1)C(=O)NO. The van der Waals surface area contributed by atoms with Crippen LogP contribution in [-0.4, -0.2) is 35.7 Å². The van der Waals surface area contributed by atoms with Crippen LogP contribution in [0.15, 0.2) is 54.6 Å². The van der Waals surface area contributed by atoms with Gasteiger partial charge in [-0.25, -0.2) is 5.48 Å². The summed E-state index contributed by atoms with van der Waals surface area (Å²) in [5.41, 5.74) is 10.4. The summed E-state index contributed by atoms with van der Waals surface area (Å²) < 4.78 is 0. The predicted octanol–water partition coefficient (Wildman–Crippen LogP) is 1.57. The fourth-order valence-electron chi connectivity index (χ4n) is 2.82. The van der Waals surface area contributed by atoms with E-state index in [2.05, 4.69) is 46.7 Å². The van der Waals surface area contributed by atoms with Crippen LogP contribution in [0.4, 0.5) is 0 Å². The molecule has 160 valence electrons. The van der Waals surface area contributed by atoms with Crippen molar-refractivity contribution in [2.24, 2.45) is 5.73 Å². The number of carbonyl (C=O) groups excluding carboxylic acids is 2. The number of amides is 2. The largest absolute Gasteiger partial charge is 0.339 e. The highest BCUT2D eigenvalue weighted by atomic mass is 16.5. The summed E-state index contributed by atoms with van der Waals surface area (Å²) in [6, 6.07) is 14.7. The first kappa shape index (κ1) is 22.2. The van der Waals surface area contributed by atoms with Crippen molar-refractivity contribution in [1.82, 2.24) is 16.1 Å². The highest BCUT2D eigenvalue weighted by Gasteiger charge is 2.20. The molecule has 0 aliphatic heterocycles. The second-order valence-electron chi connectivity index (χ2n) is 7.31. The van der Waals surface area contributed by atoms with E-state index in [-0.39, 0.29) is 6.54 Å². The molecule has 1 atom stereocenters. The van der Waals surface area contributed by atoms with Crippen LogP contribution in [0, 0.1) is 11.8 Å². The molecule has 0 bridgehead atoms. The number of hydrogen-bond donors (Lipinski definition) is 5. The van der Waals surface area contributed by atoms with E-state index in [9.17, 15) is 9.59 Å². The Morgan fingerprint density at radius 2 is 1.84 bits per heavy atom. The maximum atomic E-state index is 12.2. The molecule has 0 spiro atoms. The average molecular weight is 418 g/mol. The van der Waals surface area contributed by atoms with Gasteiger partial charge in [0.2, 0.25) is 0 Å². The second kappa shape index (κ2) is 11.1. The van der Waals surface area contributed by atoms with Crippen LogP contribution in [0.25, 0.3) is 6.08 Å². The Bertz CT molecular complexity index is 984. The van der Waals surface area contributed by atoms with Gasteiger partial charge >= 0.3 is 0 Å². The van der Waals surface area contributed by atoms with Crippen molar-refractivity contribution in [2.75, 3.05) is 6.54 Å². The Morgan fingerprint density at radius 1 is 1.13 bits per heavy atom. The van der Waals surface area contributed by atoms with Crippen LogP contribution in [-0.2, 0) is 11.3 Å². The number of hydroxylamine groups is 1. The summed E-state index contributed by atoms with van der Waals surface area (Å²) in [4.78, 5) is 23.6. The molecule has 2 amide bonds. The first-order chi connectivity index (χ1) is 15.1. The summed E-state index contributed by atoms with van der Waals surface area (Å²) >= 11 is 0. The zero-order chi connectivity index (χ0) is 22.1. The fourth-order valence-corrected chi connectivity index (χ4v) is 2.82. The lowest BCUT2D eigenvalue weighted by Gasteiger charge is -2.14. The Morgan fingerprint density at radius 3 is 2.45 bits per heavy atom. The van der Waals surface area contributed by atoms with E-state index in [1.807, 2.05) is 6.08 Å². The van der Waals surface area contributed by atoms with Crippen molar-refractivity contribution in [1.29, 1.82) is 0 Å². The molecular formula is C24H26N4O3. The number of nitrogens with two attached hydrogens (primary N) is 1. The van der Waals surface area contributed by atoms with Gasteiger partial charge in [0.15, 0.2) is 0 Å². The van der Waals surface area contributed by atoms with Crippen LogP contribution >= 0.6 is 0 Å². The van der Waals surface area contributed by atoms with Gasteiger partial charge < -0.3 is 16.4 Å². The van der Waals surface area contributed by atoms with Gasteiger partial charge in [0, 0.05) is 30.3 Å². The quantitative estimate of drug-likeness (QED) is 0.253. The average Bonchev–Trinajstić information content (AvgIpc) is 3.64. The molecule has 0 heterocycles. The first-order valence-electron chi connectivity index (χ1n) is 10.1. The molecule has 1 aliphatic carbocycles. The van der Waals surface area contributed by atoms with E-state index in [0.29, 0.717) is 11.6 Å². The van der Waals surface area contributed by atoms with E-state index in [1.165, 1.54) is 23.9 Å². The number of rotatable bonds is 8. The molecule has 1 aliphatic rings. The summed E-state index contributed by atoms with van der Waals surface area (Å²) in [6.07, 6.45) is 6.31. The van der Waals surface area contributed by atoms with E-state index in [1.54, 1.807) is 30.3 Å². The molecular weight excluding hydrogens is 392 g/mol. The molecule has 0 saturated heterocycles. The molecule has 2 aromatic rings. The summed E-state index contributed by atoms with van der Waals surface area (Å²) in [6.45, 7) is 0.776. The lowest BCUT2D eigenvalue weighted by atomic mass is 10.1. The number of allylic oxidation sites excluding steroid dienone is 1. The third kappa shape index (κ3) is 7.08. The molecule has 7 nitrogen and oxygen atoms in total. The van der Waals surface area contributed by atoms with Crippen molar-refractivity contribution in [2.45, 2.75) is 31.5 Å². The predicted molar refractivity (Wildman–Crippen MR) is 119 cm³/mol. The minimum Gasteiger partial charge on any atom is -0.339 e. The van der Waals surface area contributed by atoms with Crippen molar-refractivity contribution >= 4 is 17.9 Å². The zero-order valence-corrected chi connectivity index (χ0v) is 17.1. The molecule has 0 radical (unpaired) electrons. The molecule has 3 rings (SSSR count). The standard InChI is InChI=1S/C24H26N4O3/c25-15-22(24(30)28-31)27-23(29)20-11-9-18(10-12-20)4-2-1-3-17-5-7-19(8-6-17)16-26-21-13-14-21/h1,3,5-12,21-22,26,31H,13-16,25H2,(H,27,29)(H,28,30)/b3-1+/t22-/m0/s1. The van der Waals surface area contributed by atoms with Crippen molar-refractivity contribution in [3.05, 3.63) is 76.9 Å². The van der Waals surface area contributed by atoms with Gasteiger partial charge in [0.1, 0.15) is 6.04 Å². The number of carbonyl (C=O) groups is 2. The second-order valence-corrected chi connectivity index (χ2v) is 7.31. The van der Waals surface area contributed by atoms with Crippen LogP contribution < -0.4 is 21.8 Å².